The zero-order valence-electron chi connectivity index (χ0n) is 12.3. The Hall–Kier alpha value is -2.42. The first kappa shape index (κ1) is 16.0. The fourth-order valence-electron chi connectivity index (χ4n) is 2.45. The minimum Gasteiger partial charge on any atom is -0.339 e. The largest absolute Gasteiger partial charge is 0.339 e. The fraction of sp³-hybridized carbons (Fsp3) is 0.438. The van der Waals surface area contributed by atoms with Gasteiger partial charge in [0.05, 0.1) is 6.07 Å². The van der Waals surface area contributed by atoms with Gasteiger partial charge in [0.1, 0.15) is 12.2 Å². The van der Waals surface area contributed by atoms with Crippen LogP contribution in [0.25, 0.3) is 0 Å². The molecule has 5 nitrogen and oxygen atoms in total. The molecule has 0 unspecified atom stereocenters. The lowest BCUT2D eigenvalue weighted by Crippen LogP contribution is -2.50. The van der Waals surface area contributed by atoms with E-state index in [-0.39, 0.29) is 24.1 Å². The summed E-state index contributed by atoms with van der Waals surface area (Å²) in [5.74, 6) is -0.425. The van der Waals surface area contributed by atoms with E-state index in [9.17, 15) is 14.0 Å². The van der Waals surface area contributed by atoms with Gasteiger partial charge in [0.15, 0.2) is 0 Å². The number of carbonyl (C=O) groups is 2. The molecule has 0 saturated carbocycles. The average Bonchev–Trinajstić information content (AvgIpc) is 2.54. The monoisotopic (exact) mass is 303 g/mol. The van der Waals surface area contributed by atoms with Crippen LogP contribution in [0.15, 0.2) is 24.3 Å². The molecule has 0 spiro atoms. The van der Waals surface area contributed by atoms with E-state index in [1.807, 2.05) is 6.07 Å². The van der Waals surface area contributed by atoms with E-state index < -0.39 is 0 Å². The van der Waals surface area contributed by atoms with Gasteiger partial charge >= 0.3 is 0 Å². The third-order valence-corrected chi connectivity index (χ3v) is 3.76. The maximum Gasteiger partial charge on any atom is 0.236 e. The van der Waals surface area contributed by atoms with Crippen LogP contribution in [0.5, 0.6) is 0 Å². The van der Waals surface area contributed by atoms with Crippen molar-refractivity contribution in [2.75, 3.05) is 26.2 Å². The second-order valence-corrected chi connectivity index (χ2v) is 5.22. The number of hydrogen-bond donors (Lipinski definition) is 0. The van der Waals surface area contributed by atoms with E-state index in [1.165, 1.54) is 12.1 Å². The summed E-state index contributed by atoms with van der Waals surface area (Å²) in [5.41, 5.74) is 0.928. The van der Waals surface area contributed by atoms with Gasteiger partial charge in [-0.25, -0.2) is 4.39 Å². The van der Waals surface area contributed by atoms with Crippen LogP contribution in [0.3, 0.4) is 0 Å². The summed E-state index contributed by atoms with van der Waals surface area (Å²) < 4.78 is 12.8. The standard InChI is InChI=1S/C16H18FN3O2/c17-14-4-1-13(2-5-14)3-6-15(21)19-9-11-20(12-10-19)16(22)7-8-18/h1-2,4-5H,3,6-7,9-12H2. The summed E-state index contributed by atoms with van der Waals surface area (Å²) in [4.78, 5) is 27.1. The SMILES string of the molecule is N#CCC(=O)N1CCN(C(=O)CCc2ccc(F)cc2)CC1. The lowest BCUT2D eigenvalue weighted by Gasteiger charge is -2.34. The zero-order chi connectivity index (χ0) is 15.9. The molecule has 0 N–H and O–H groups in total. The fourth-order valence-corrected chi connectivity index (χ4v) is 2.45. The van der Waals surface area contributed by atoms with E-state index in [1.54, 1.807) is 21.9 Å². The second-order valence-electron chi connectivity index (χ2n) is 5.22. The number of hydrogen-bond acceptors (Lipinski definition) is 3. The van der Waals surface area contributed by atoms with Crippen molar-refractivity contribution >= 4 is 11.8 Å². The number of piperazine rings is 1. The topological polar surface area (TPSA) is 64.4 Å². The molecular formula is C16H18FN3O2. The van der Waals surface area contributed by atoms with E-state index in [4.69, 9.17) is 5.26 Å². The molecule has 6 heteroatoms. The lowest BCUT2D eigenvalue weighted by molar-refractivity contribution is -0.139. The maximum atomic E-state index is 12.8. The molecule has 2 rings (SSSR count). The summed E-state index contributed by atoms with van der Waals surface area (Å²) in [6.07, 6.45) is 0.836. The van der Waals surface area contributed by atoms with Gasteiger partial charge in [-0.1, -0.05) is 12.1 Å². The van der Waals surface area contributed by atoms with Crippen molar-refractivity contribution < 1.29 is 14.0 Å². The highest BCUT2D eigenvalue weighted by atomic mass is 19.1. The first-order valence-electron chi connectivity index (χ1n) is 7.27. The molecule has 1 aliphatic heterocycles. The van der Waals surface area contributed by atoms with Crippen molar-refractivity contribution in [2.45, 2.75) is 19.3 Å². The molecule has 0 aliphatic carbocycles. The van der Waals surface area contributed by atoms with Crippen LogP contribution in [-0.4, -0.2) is 47.8 Å². The van der Waals surface area contributed by atoms with Gasteiger partial charge in [-0.05, 0) is 24.1 Å². The van der Waals surface area contributed by atoms with E-state index in [0.29, 0.717) is 39.0 Å². The van der Waals surface area contributed by atoms with Crippen LogP contribution >= 0.6 is 0 Å². The Morgan fingerprint density at radius 3 is 2.14 bits per heavy atom. The van der Waals surface area contributed by atoms with Crippen molar-refractivity contribution in [3.05, 3.63) is 35.6 Å². The van der Waals surface area contributed by atoms with Gasteiger partial charge in [-0.3, -0.25) is 9.59 Å². The van der Waals surface area contributed by atoms with E-state index >= 15 is 0 Å². The number of benzene rings is 1. The third-order valence-electron chi connectivity index (χ3n) is 3.76. The Morgan fingerprint density at radius 2 is 1.59 bits per heavy atom. The summed E-state index contributed by atoms with van der Waals surface area (Å²) in [7, 11) is 0. The van der Waals surface area contributed by atoms with Gasteiger partial charge in [-0.2, -0.15) is 5.26 Å². The molecule has 116 valence electrons. The van der Waals surface area contributed by atoms with Crippen molar-refractivity contribution in [1.82, 2.24) is 9.80 Å². The second kappa shape index (κ2) is 7.55. The number of halogens is 1. The van der Waals surface area contributed by atoms with Crippen LogP contribution in [0.4, 0.5) is 4.39 Å². The Morgan fingerprint density at radius 1 is 1.05 bits per heavy atom. The Bertz CT molecular complexity index is 572. The van der Waals surface area contributed by atoms with E-state index in [2.05, 4.69) is 0 Å². The molecule has 1 heterocycles. The number of nitrogens with zero attached hydrogens (tertiary/aromatic N) is 3. The Labute approximate surface area is 128 Å². The molecule has 1 aliphatic rings. The molecule has 1 aromatic rings. The molecule has 1 aromatic carbocycles. The van der Waals surface area contributed by atoms with E-state index in [0.717, 1.165) is 5.56 Å². The van der Waals surface area contributed by atoms with Gasteiger partial charge in [0.25, 0.3) is 0 Å². The number of carbonyl (C=O) groups excluding carboxylic acids is 2. The molecule has 1 saturated heterocycles. The number of rotatable bonds is 4. The molecule has 0 atom stereocenters. The summed E-state index contributed by atoms with van der Waals surface area (Å²) >= 11 is 0. The zero-order valence-corrected chi connectivity index (χ0v) is 12.3. The van der Waals surface area contributed by atoms with Crippen molar-refractivity contribution in [3.8, 4) is 6.07 Å². The molecular weight excluding hydrogens is 285 g/mol. The van der Waals surface area contributed by atoms with Gasteiger partial charge < -0.3 is 9.80 Å². The van der Waals surface area contributed by atoms with Crippen LogP contribution < -0.4 is 0 Å². The van der Waals surface area contributed by atoms with Crippen molar-refractivity contribution in [1.29, 1.82) is 5.26 Å². The van der Waals surface area contributed by atoms with Crippen molar-refractivity contribution in [3.63, 3.8) is 0 Å². The lowest BCUT2D eigenvalue weighted by atomic mass is 10.1. The summed E-state index contributed by atoms with van der Waals surface area (Å²) in [6.45, 7) is 1.95. The normalized spacial score (nSPS) is 14.5. The van der Waals surface area contributed by atoms with Crippen LogP contribution in [0.1, 0.15) is 18.4 Å². The number of aryl methyl sites for hydroxylation is 1. The minimum atomic E-state index is -0.284. The van der Waals surface area contributed by atoms with Crippen molar-refractivity contribution in [2.24, 2.45) is 0 Å². The molecule has 1 fully saturated rings. The smallest absolute Gasteiger partial charge is 0.236 e. The van der Waals surface area contributed by atoms with Crippen LogP contribution in [-0.2, 0) is 16.0 Å². The number of nitriles is 1. The highest BCUT2D eigenvalue weighted by molar-refractivity contribution is 5.79. The average molecular weight is 303 g/mol. The summed E-state index contributed by atoms with van der Waals surface area (Å²) in [6, 6.07) is 7.98. The predicted octanol–water partition coefficient (Wildman–Crippen LogP) is 1.34. The molecule has 22 heavy (non-hydrogen) atoms. The molecule has 0 bridgehead atoms. The quantitative estimate of drug-likeness (QED) is 0.843. The maximum absolute atomic E-state index is 12.8. The summed E-state index contributed by atoms with van der Waals surface area (Å²) in [5, 5.41) is 8.52. The highest BCUT2D eigenvalue weighted by Crippen LogP contribution is 2.09. The third kappa shape index (κ3) is 4.29. The van der Waals surface area contributed by atoms with Gasteiger partial charge in [0.2, 0.25) is 11.8 Å². The van der Waals surface area contributed by atoms with Gasteiger partial charge in [-0.15, -0.1) is 0 Å². The first-order chi connectivity index (χ1) is 10.6. The highest BCUT2D eigenvalue weighted by Gasteiger charge is 2.23. The minimum absolute atomic E-state index is 0.0386. The molecule has 2 amide bonds. The predicted molar refractivity (Wildman–Crippen MR) is 78.1 cm³/mol. The van der Waals surface area contributed by atoms with Crippen LogP contribution in [0, 0.1) is 17.1 Å². The number of amides is 2. The van der Waals surface area contributed by atoms with Gasteiger partial charge in [0, 0.05) is 32.6 Å². The molecule has 0 radical (unpaired) electrons. The first-order valence-corrected chi connectivity index (χ1v) is 7.27. The molecule has 0 aromatic heterocycles. The Kier molecular flexibility index (Phi) is 5.48. The Balaban J connectivity index is 1.76. The van der Waals surface area contributed by atoms with Crippen LogP contribution in [0.2, 0.25) is 0 Å².